The molecule has 86 valence electrons. The summed E-state index contributed by atoms with van der Waals surface area (Å²) < 4.78 is 12.8. The molecule has 1 heterocycles. The zero-order chi connectivity index (χ0) is 11.8. The average molecular weight is 230 g/mol. The van der Waals surface area contributed by atoms with Crippen LogP contribution in [0.5, 0.6) is 0 Å². The maximum absolute atomic E-state index is 12.8. The quantitative estimate of drug-likeness (QED) is 0.818. The van der Waals surface area contributed by atoms with Crippen LogP contribution in [-0.2, 0) is 6.42 Å². The molecule has 3 nitrogen and oxygen atoms in total. The van der Waals surface area contributed by atoms with Crippen LogP contribution in [0.3, 0.4) is 0 Å². The third-order valence-electron chi connectivity index (χ3n) is 3.07. The Morgan fingerprint density at radius 2 is 1.94 bits per heavy atom. The number of benzene rings is 1. The number of halogens is 1. The summed E-state index contributed by atoms with van der Waals surface area (Å²) in [5.74, 6) is -0.163. The van der Waals surface area contributed by atoms with Gasteiger partial charge in [-0.15, -0.1) is 0 Å². The number of hydrogen-bond donors (Lipinski definition) is 1. The van der Waals surface area contributed by atoms with E-state index in [4.69, 9.17) is 0 Å². The Labute approximate surface area is 97.7 Å². The fourth-order valence-electron chi connectivity index (χ4n) is 2.23. The van der Waals surface area contributed by atoms with Crippen molar-refractivity contribution in [2.75, 3.05) is 0 Å². The molecule has 1 aromatic heterocycles. The highest BCUT2D eigenvalue weighted by atomic mass is 19.1. The summed E-state index contributed by atoms with van der Waals surface area (Å²) in [6.07, 6.45) is 2.30. The van der Waals surface area contributed by atoms with Crippen molar-refractivity contribution < 1.29 is 9.18 Å². The number of H-pyrrole nitrogens is 1. The number of nitrogens with one attached hydrogen (secondary N) is 1. The van der Waals surface area contributed by atoms with Crippen molar-refractivity contribution in [2.24, 2.45) is 0 Å². The molecular weight excluding hydrogens is 219 g/mol. The number of carbonyl (C=O) groups excluding carboxylic acids is 1. The second-order valence-corrected chi connectivity index (χ2v) is 4.21. The minimum Gasteiger partial charge on any atom is -0.294 e. The van der Waals surface area contributed by atoms with Gasteiger partial charge in [0.15, 0.2) is 5.78 Å². The van der Waals surface area contributed by atoms with E-state index in [-0.39, 0.29) is 11.6 Å². The van der Waals surface area contributed by atoms with E-state index in [0.29, 0.717) is 17.7 Å². The van der Waals surface area contributed by atoms with Crippen molar-refractivity contribution in [1.29, 1.82) is 0 Å². The Kier molecular flexibility index (Phi) is 2.28. The van der Waals surface area contributed by atoms with Crippen LogP contribution < -0.4 is 0 Å². The monoisotopic (exact) mass is 230 g/mol. The summed E-state index contributed by atoms with van der Waals surface area (Å²) in [7, 11) is 0. The van der Waals surface area contributed by atoms with E-state index in [2.05, 4.69) is 10.2 Å². The fourth-order valence-corrected chi connectivity index (χ4v) is 2.23. The summed E-state index contributed by atoms with van der Waals surface area (Å²) in [6.45, 7) is 0. The molecule has 0 atom stereocenters. The highest BCUT2D eigenvalue weighted by Gasteiger charge is 2.24. The summed E-state index contributed by atoms with van der Waals surface area (Å²) in [5, 5.41) is 7.09. The van der Waals surface area contributed by atoms with Gasteiger partial charge in [0.1, 0.15) is 11.5 Å². The molecule has 0 amide bonds. The first kappa shape index (κ1) is 10.2. The molecule has 1 N–H and O–H groups in total. The number of hydrogen-bond acceptors (Lipinski definition) is 2. The smallest absolute Gasteiger partial charge is 0.166 e. The van der Waals surface area contributed by atoms with Crippen molar-refractivity contribution in [3.8, 4) is 11.3 Å². The zero-order valence-electron chi connectivity index (χ0n) is 9.16. The number of rotatable bonds is 1. The summed E-state index contributed by atoms with van der Waals surface area (Å²) >= 11 is 0. The summed E-state index contributed by atoms with van der Waals surface area (Å²) in [4.78, 5) is 11.9. The van der Waals surface area contributed by atoms with E-state index < -0.39 is 0 Å². The number of nitrogens with zero attached hydrogens (tertiary/aromatic N) is 1. The van der Waals surface area contributed by atoms with Crippen molar-refractivity contribution in [3.63, 3.8) is 0 Å². The Morgan fingerprint density at radius 1 is 1.18 bits per heavy atom. The normalized spacial score (nSPS) is 14.8. The van der Waals surface area contributed by atoms with E-state index in [1.165, 1.54) is 12.1 Å². The molecule has 0 spiro atoms. The molecule has 17 heavy (non-hydrogen) atoms. The van der Waals surface area contributed by atoms with Gasteiger partial charge in [-0.2, -0.15) is 5.10 Å². The Balaban J connectivity index is 2.12. The number of carbonyl (C=O) groups is 1. The molecule has 1 aliphatic rings. The fraction of sp³-hybridized carbons (Fsp3) is 0.231. The molecule has 0 saturated carbocycles. The first-order chi connectivity index (χ1) is 8.25. The molecule has 4 heteroatoms. The van der Waals surface area contributed by atoms with E-state index in [1.54, 1.807) is 12.1 Å². The van der Waals surface area contributed by atoms with Gasteiger partial charge in [0.05, 0.1) is 5.56 Å². The van der Waals surface area contributed by atoms with Crippen LogP contribution in [0.1, 0.15) is 28.9 Å². The predicted octanol–water partition coefficient (Wildman–Crippen LogP) is 2.73. The van der Waals surface area contributed by atoms with Crippen molar-refractivity contribution >= 4 is 5.78 Å². The SMILES string of the molecule is O=C1CCCc2[nH]nc(-c3ccc(F)cc3)c21. The van der Waals surface area contributed by atoms with Gasteiger partial charge < -0.3 is 0 Å². The third kappa shape index (κ3) is 1.65. The minimum atomic E-state index is -0.288. The van der Waals surface area contributed by atoms with Gasteiger partial charge in [-0.1, -0.05) is 0 Å². The lowest BCUT2D eigenvalue weighted by Gasteiger charge is -2.10. The Morgan fingerprint density at radius 3 is 2.71 bits per heavy atom. The summed E-state index contributed by atoms with van der Waals surface area (Å²) in [5.41, 5.74) is 3.01. The highest BCUT2D eigenvalue weighted by Crippen LogP contribution is 2.29. The van der Waals surface area contributed by atoms with Crippen LogP contribution in [-0.4, -0.2) is 16.0 Å². The molecular formula is C13H11FN2O. The minimum absolute atomic E-state index is 0.124. The van der Waals surface area contributed by atoms with E-state index in [1.807, 2.05) is 0 Å². The van der Waals surface area contributed by atoms with Gasteiger partial charge in [-0.25, -0.2) is 4.39 Å². The van der Waals surface area contributed by atoms with Gasteiger partial charge in [0.25, 0.3) is 0 Å². The molecule has 1 aliphatic carbocycles. The van der Waals surface area contributed by atoms with Crippen LogP contribution >= 0.6 is 0 Å². The van der Waals surface area contributed by atoms with E-state index >= 15 is 0 Å². The lowest BCUT2D eigenvalue weighted by Crippen LogP contribution is -2.09. The topological polar surface area (TPSA) is 45.8 Å². The second-order valence-electron chi connectivity index (χ2n) is 4.21. The number of aromatic amines is 1. The maximum atomic E-state index is 12.8. The molecule has 0 fully saturated rings. The standard InChI is InChI=1S/C13H11FN2O/c14-9-6-4-8(5-7-9)13-12-10(15-16-13)2-1-3-11(12)17/h4-7H,1-3H2,(H,15,16). The molecule has 2 aromatic rings. The number of aromatic nitrogens is 2. The largest absolute Gasteiger partial charge is 0.294 e. The molecule has 0 radical (unpaired) electrons. The third-order valence-corrected chi connectivity index (χ3v) is 3.07. The van der Waals surface area contributed by atoms with Crippen LogP contribution in [0.25, 0.3) is 11.3 Å². The van der Waals surface area contributed by atoms with Crippen molar-refractivity contribution in [1.82, 2.24) is 10.2 Å². The zero-order valence-corrected chi connectivity index (χ0v) is 9.16. The van der Waals surface area contributed by atoms with Crippen LogP contribution in [0.15, 0.2) is 24.3 Å². The van der Waals surface area contributed by atoms with Crippen LogP contribution in [0.2, 0.25) is 0 Å². The van der Waals surface area contributed by atoms with Crippen LogP contribution in [0, 0.1) is 5.82 Å². The number of fused-ring (bicyclic) bond motifs is 1. The van der Waals surface area contributed by atoms with Gasteiger partial charge in [0, 0.05) is 17.7 Å². The van der Waals surface area contributed by atoms with Gasteiger partial charge >= 0.3 is 0 Å². The lowest BCUT2D eigenvalue weighted by atomic mass is 9.92. The highest BCUT2D eigenvalue weighted by molar-refractivity contribution is 6.03. The molecule has 0 unspecified atom stereocenters. The molecule has 0 saturated heterocycles. The first-order valence-electron chi connectivity index (χ1n) is 5.62. The number of Topliss-reactive ketones (excluding diaryl/α,β-unsaturated/α-hetero) is 1. The van der Waals surface area contributed by atoms with Crippen molar-refractivity contribution in [3.05, 3.63) is 41.3 Å². The number of aryl methyl sites for hydroxylation is 1. The molecule has 1 aromatic carbocycles. The van der Waals surface area contributed by atoms with Gasteiger partial charge in [0.2, 0.25) is 0 Å². The second kappa shape index (κ2) is 3.80. The van der Waals surface area contributed by atoms with E-state index in [0.717, 1.165) is 24.1 Å². The number of ketones is 1. The summed E-state index contributed by atoms with van der Waals surface area (Å²) in [6, 6.07) is 6.05. The molecule has 3 rings (SSSR count). The first-order valence-corrected chi connectivity index (χ1v) is 5.62. The average Bonchev–Trinajstić information content (AvgIpc) is 2.75. The predicted molar refractivity (Wildman–Crippen MR) is 61.3 cm³/mol. The lowest BCUT2D eigenvalue weighted by molar-refractivity contribution is 0.0973. The van der Waals surface area contributed by atoms with Gasteiger partial charge in [-0.3, -0.25) is 9.89 Å². The maximum Gasteiger partial charge on any atom is 0.166 e. The molecule has 0 bridgehead atoms. The Bertz CT molecular complexity index is 572. The Hall–Kier alpha value is -1.97. The van der Waals surface area contributed by atoms with Crippen molar-refractivity contribution in [2.45, 2.75) is 19.3 Å². The van der Waals surface area contributed by atoms with E-state index in [9.17, 15) is 9.18 Å². The van der Waals surface area contributed by atoms with Gasteiger partial charge in [-0.05, 0) is 37.1 Å². The van der Waals surface area contributed by atoms with Crippen LogP contribution in [0.4, 0.5) is 4.39 Å². The molecule has 0 aliphatic heterocycles.